The van der Waals surface area contributed by atoms with E-state index in [0.29, 0.717) is 12.8 Å². The summed E-state index contributed by atoms with van der Waals surface area (Å²) in [6.45, 7) is 3.42. The van der Waals surface area contributed by atoms with Gasteiger partial charge in [0.2, 0.25) is 0 Å². The highest BCUT2D eigenvalue weighted by atomic mass is 19.4. The third kappa shape index (κ3) is 2.66. The summed E-state index contributed by atoms with van der Waals surface area (Å²) >= 11 is 0. The van der Waals surface area contributed by atoms with E-state index in [4.69, 9.17) is 5.73 Å². The second kappa shape index (κ2) is 4.12. The summed E-state index contributed by atoms with van der Waals surface area (Å²) in [7, 11) is 0. The lowest BCUT2D eigenvalue weighted by Gasteiger charge is -2.31. The van der Waals surface area contributed by atoms with Crippen molar-refractivity contribution in [2.24, 2.45) is 5.73 Å². The first-order valence-corrected chi connectivity index (χ1v) is 4.23. The summed E-state index contributed by atoms with van der Waals surface area (Å²) < 4.78 is 37.1. The van der Waals surface area contributed by atoms with Crippen molar-refractivity contribution in [2.75, 3.05) is 0 Å². The largest absolute Gasteiger partial charge is 0.406 e. The van der Waals surface area contributed by atoms with Crippen LogP contribution in [-0.4, -0.2) is 11.7 Å². The van der Waals surface area contributed by atoms with E-state index in [1.54, 1.807) is 13.8 Å². The predicted molar refractivity (Wildman–Crippen MR) is 42.8 cm³/mol. The number of nitrogens with two attached hydrogens (primary N) is 1. The van der Waals surface area contributed by atoms with Gasteiger partial charge in [0.1, 0.15) is 5.54 Å². The Bertz CT molecular complexity index is 125. The van der Waals surface area contributed by atoms with Crippen LogP contribution in [0.15, 0.2) is 0 Å². The number of alkyl halides is 3. The molecule has 0 aliphatic rings. The molecule has 0 fully saturated rings. The van der Waals surface area contributed by atoms with Crippen LogP contribution in [0.4, 0.5) is 13.2 Å². The van der Waals surface area contributed by atoms with E-state index in [-0.39, 0.29) is 12.8 Å². The smallest absolute Gasteiger partial charge is 0.318 e. The molecule has 0 aromatic carbocycles. The van der Waals surface area contributed by atoms with Crippen molar-refractivity contribution in [1.29, 1.82) is 0 Å². The second-order valence-corrected chi connectivity index (χ2v) is 3.15. The maximum atomic E-state index is 12.4. The Labute approximate surface area is 71.1 Å². The standard InChI is InChI=1S/C8H16F3N/c1-3-5-7(12,6-4-2)8(9,10)11/h3-6,12H2,1-2H3. The molecule has 12 heavy (non-hydrogen) atoms. The molecule has 0 atom stereocenters. The van der Waals surface area contributed by atoms with Crippen LogP contribution in [0.25, 0.3) is 0 Å². The number of hydrogen-bond donors (Lipinski definition) is 1. The molecule has 0 rings (SSSR count). The monoisotopic (exact) mass is 183 g/mol. The maximum Gasteiger partial charge on any atom is 0.406 e. The molecule has 0 spiro atoms. The highest BCUT2D eigenvalue weighted by Gasteiger charge is 2.49. The zero-order valence-electron chi connectivity index (χ0n) is 7.54. The lowest BCUT2D eigenvalue weighted by atomic mass is 9.89. The third-order valence-electron chi connectivity index (χ3n) is 1.96. The van der Waals surface area contributed by atoms with Crippen LogP contribution in [0.3, 0.4) is 0 Å². The van der Waals surface area contributed by atoms with Gasteiger partial charge in [-0.3, -0.25) is 0 Å². The van der Waals surface area contributed by atoms with Gasteiger partial charge in [-0.25, -0.2) is 0 Å². The Morgan fingerprint density at radius 3 is 1.50 bits per heavy atom. The zero-order chi connectivity index (χ0) is 9.83. The lowest BCUT2D eigenvalue weighted by Crippen LogP contribution is -2.53. The van der Waals surface area contributed by atoms with Gasteiger partial charge < -0.3 is 5.73 Å². The normalized spacial score (nSPS) is 13.5. The first-order valence-electron chi connectivity index (χ1n) is 4.23. The van der Waals surface area contributed by atoms with Gasteiger partial charge in [-0.15, -0.1) is 0 Å². The molecule has 4 heteroatoms. The molecule has 74 valence electrons. The fraction of sp³-hybridized carbons (Fsp3) is 1.00. The predicted octanol–water partition coefficient (Wildman–Crippen LogP) is 2.85. The van der Waals surface area contributed by atoms with Crippen molar-refractivity contribution in [3.05, 3.63) is 0 Å². The van der Waals surface area contributed by atoms with Crippen molar-refractivity contribution in [3.8, 4) is 0 Å². The van der Waals surface area contributed by atoms with Crippen molar-refractivity contribution >= 4 is 0 Å². The van der Waals surface area contributed by atoms with Gasteiger partial charge in [0, 0.05) is 0 Å². The van der Waals surface area contributed by atoms with Gasteiger partial charge in [-0.2, -0.15) is 13.2 Å². The second-order valence-electron chi connectivity index (χ2n) is 3.15. The van der Waals surface area contributed by atoms with Gasteiger partial charge in [0.25, 0.3) is 0 Å². The number of hydrogen-bond acceptors (Lipinski definition) is 1. The molecule has 0 aromatic heterocycles. The number of halogens is 3. The first-order chi connectivity index (χ1) is 5.37. The summed E-state index contributed by atoms with van der Waals surface area (Å²) in [6, 6.07) is 0. The fourth-order valence-electron chi connectivity index (χ4n) is 1.30. The van der Waals surface area contributed by atoms with E-state index in [2.05, 4.69) is 0 Å². The third-order valence-corrected chi connectivity index (χ3v) is 1.96. The average molecular weight is 183 g/mol. The molecule has 0 saturated carbocycles. The van der Waals surface area contributed by atoms with E-state index in [9.17, 15) is 13.2 Å². The molecule has 0 heterocycles. The molecule has 0 amide bonds. The van der Waals surface area contributed by atoms with Crippen LogP contribution in [0.5, 0.6) is 0 Å². The molecular weight excluding hydrogens is 167 g/mol. The summed E-state index contributed by atoms with van der Waals surface area (Å²) in [5.41, 5.74) is 3.31. The van der Waals surface area contributed by atoms with Crippen LogP contribution in [-0.2, 0) is 0 Å². The van der Waals surface area contributed by atoms with Gasteiger partial charge in [0.15, 0.2) is 0 Å². The Kier molecular flexibility index (Phi) is 4.03. The molecule has 0 unspecified atom stereocenters. The summed E-state index contributed by atoms with van der Waals surface area (Å²) in [5.74, 6) is 0. The Morgan fingerprint density at radius 1 is 1.00 bits per heavy atom. The highest BCUT2D eigenvalue weighted by Crippen LogP contribution is 2.35. The van der Waals surface area contributed by atoms with Crippen LogP contribution in [0.1, 0.15) is 39.5 Å². The Balaban J connectivity index is 4.38. The molecule has 2 N–H and O–H groups in total. The van der Waals surface area contributed by atoms with Crippen LogP contribution in [0, 0.1) is 0 Å². The quantitative estimate of drug-likeness (QED) is 0.712. The van der Waals surface area contributed by atoms with Crippen molar-refractivity contribution in [2.45, 2.75) is 51.2 Å². The molecule has 0 aromatic rings. The summed E-state index contributed by atoms with van der Waals surface area (Å²) in [4.78, 5) is 0. The molecular formula is C8H16F3N. The minimum Gasteiger partial charge on any atom is -0.318 e. The van der Waals surface area contributed by atoms with Gasteiger partial charge in [0.05, 0.1) is 0 Å². The van der Waals surface area contributed by atoms with Crippen LogP contribution >= 0.6 is 0 Å². The molecule has 0 radical (unpaired) electrons. The fourth-order valence-corrected chi connectivity index (χ4v) is 1.30. The van der Waals surface area contributed by atoms with Crippen LogP contribution < -0.4 is 5.73 Å². The minimum absolute atomic E-state index is 0.0182. The van der Waals surface area contributed by atoms with E-state index in [1.165, 1.54) is 0 Å². The van der Waals surface area contributed by atoms with E-state index in [1.807, 2.05) is 0 Å². The average Bonchev–Trinajstić information content (AvgIpc) is 1.86. The van der Waals surface area contributed by atoms with E-state index < -0.39 is 11.7 Å². The maximum absolute atomic E-state index is 12.4. The number of rotatable bonds is 4. The van der Waals surface area contributed by atoms with Gasteiger partial charge in [-0.1, -0.05) is 26.7 Å². The first kappa shape index (κ1) is 11.8. The Hall–Kier alpha value is -0.250. The van der Waals surface area contributed by atoms with Crippen molar-refractivity contribution in [3.63, 3.8) is 0 Å². The molecule has 1 nitrogen and oxygen atoms in total. The summed E-state index contributed by atoms with van der Waals surface area (Å²) in [6.07, 6.45) is -3.29. The zero-order valence-corrected chi connectivity index (χ0v) is 7.54. The molecule has 0 aliphatic heterocycles. The van der Waals surface area contributed by atoms with Crippen molar-refractivity contribution in [1.82, 2.24) is 0 Å². The van der Waals surface area contributed by atoms with Gasteiger partial charge in [-0.05, 0) is 12.8 Å². The highest BCUT2D eigenvalue weighted by molar-refractivity contribution is 4.90. The molecule has 0 aliphatic carbocycles. The van der Waals surface area contributed by atoms with Gasteiger partial charge >= 0.3 is 6.18 Å². The van der Waals surface area contributed by atoms with Crippen LogP contribution in [0.2, 0.25) is 0 Å². The topological polar surface area (TPSA) is 26.0 Å². The Morgan fingerprint density at radius 2 is 1.33 bits per heavy atom. The van der Waals surface area contributed by atoms with E-state index >= 15 is 0 Å². The summed E-state index contributed by atoms with van der Waals surface area (Å²) in [5, 5.41) is 0. The molecule has 0 bridgehead atoms. The minimum atomic E-state index is -4.26. The van der Waals surface area contributed by atoms with E-state index in [0.717, 1.165) is 0 Å². The lowest BCUT2D eigenvalue weighted by molar-refractivity contribution is -0.190. The molecule has 0 saturated heterocycles. The SMILES string of the molecule is CCCC(N)(CCC)C(F)(F)F. The van der Waals surface area contributed by atoms with Crippen molar-refractivity contribution < 1.29 is 13.2 Å².